The lowest BCUT2D eigenvalue weighted by Gasteiger charge is -2.18. The first-order chi connectivity index (χ1) is 5.56. The van der Waals surface area contributed by atoms with E-state index in [0.717, 1.165) is 5.56 Å². The van der Waals surface area contributed by atoms with Crippen LogP contribution in [0.5, 0.6) is 0 Å². The van der Waals surface area contributed by atoms with Gasteiger partial charge in [-0.1, -0.05) is 13.8 Å². The molecule has 0 bridgehead atoms. The molecule has 0 unspecified atom stereocenters. The summed E-state index contributed by atoms with van der Waals surface area (Å²) in [6.07, 6.45) is 3.53. The largest absolute Gasteiger partial charge is 0.395 e. The van der Waals surface area contributed by atoms with Crippen molar-refractivity contribution >= 4 is 0 Å². The number of hydrogen-bond donors (Lipinski definition) is 1. The summed E-state index contributed by atoms with van der Waals surface area (Å²) in [5, 5.41) is 9.04. The third kappa shape index (κ3) is 1.80. The molecule has 1 aromatic rings. The molecule has 1 N–H and O–H groups in total. The fraction of sp³-hybridized carbons (Fsp3) is 0.556. The first-order valence-electron chi connectivity index (χ1n) is 3.96. The summed E-state index contributed by atoms with van der Waals surface area (Å²) in [6.45, 7) is 5.83. The molecule has 0 amide bonds. The molecule has 0 saturated heterocycles. The molecule has 1 aromatic heterocycles. The molecule has 1 heterocycles. The lowest BCUT2D eigenvalue weighted by molar-refractivity contribution is 0.211. The van der Waals surface area contributed by atoms with Crippen LogP contribution in [0.3, 0.4) is 0 Å². The minimum Gasteiger partial charge on any atom is -0.395 e. The monoisotopic (exact) mass is 166 g/mol. The van der Waals surface area contributed by atoms with Crippen LogP contribution in [0.15, 0.2) is 12.4 Å². The van der Waals surface area contributed by atoms with Crippen molar-refractivity contribution < 1.29 is 5.11 Å². The molecule has 0 aliphatic heterocycles. The van der Waals surface area contributed by atoms with Gasteiger partial charge >= 0.3 is 0 Å². The second-order valence-electron chi connectivity index (χ2n) is 3.63. The van der Waals surface area contributed by atoms with E-state index in [1.165, 1.54) is 0 Å². The highest BCUT2D eigenvalue weighted by Crippen LogP contribution is 2.17. The van der Waals surface area contributed by atoms with Gasteiger partial charge in [0, 0.05) is 17.8 Å². The Morgan fingerprint density at radius 1 is 1.33 bits per heavy atom. The molecule has 3 heteroatoms. The third-order valence-electron chi connectivity index (χ3n) is 1.78. The summed E-state index contributed by atoms with van der Waals surface area (Å²) in [5.41, 5.74) is 0.695. The fourth-order valence-corrected chi connectivity index (χ4v) is 0.813. The predicted molar refractivity (Wildman–Crippen MR) is 46.9 cm³/mol. The van der Waals surface area contributed by atoms with Crippen molar-refractivity contribution in [2.45, 2.75) is 26.2 Å². The third-order valence-corrected chi connectivity index (χ3v) is 1.78. The number of rotatable bonds is 2. The van der Waals surface area contributed by atoms with E-state index in [0.29, 0.717) is 5.82 Å². The van der Waals surface area contributed by atoms with Crippen molar-refractivity contribution in [1.82, 2.24) is 9.97 Å². The highest BCUT2D eigenvalue weighted by molar-refractivity contribution is 5.08. The number of aryl methyl sites for hydroxylation is 1. The van der Waals surface area contributed by atoms with Crippen molar-refractivity contribution in [2.75, 3.05) is 6.61 Å². The molecule has 0 saturated carbocycles. The number of aliphatic hydroxyl groups excluding tert-OH is 1. The van der Waals surface area contributed by atoms with Crippen LogP contribution in [0.25, 0.3) is 0 Å². The van der Waals surface area contributed by atoms with E-state index in [1.54, 1.807) is 12.4 Å². The van der Waals surface area contributed by atoms with Gasteiger partial charge in [0.2, 0.25) is 0 Å². The summed E-state index contributed by atoms with van der Waals surface area (Å²) >= 11 is 0. The molecule has 0 aliphatic carbocycles. The maximum absolute atomic E-state index is 9.04. The molecule has 0 atom stereocenters. The Hall–Kier alpha value is -0.960. The first kappa shape index (κ1) is 9.13. The summed E-state index contributed by atoms with van der Waals surface area (Å²) in [7, 11) is 0. The van der Waals surface area contributed by atoms with Gasteiger partial charge in [-0.25, -0.2) is 9.97 Å². The molecule has 0 aliphatic rings. The van der Waals surface area contributed by atoms with Gasteiger partial charge in [-0.3, -0.25) is 0 Å². The van der Waals surface area contributed by atoms with Gasteiger partial charge in [-0.2, -0.15) is 0 Å². The molecule has 3 nitrogen and oxygen atoms in total. The number of aromatic nitrogens is 2. The summed E-state index contributed by atoms with van der Waals surface area (Å²) < 4.78 is 0. The summed E-state index contributed by atoms with van der Waals surface area (Å²) in [6, 6.07) is 0. The molecule has 0 fully saturated rings. The van der Waals surface area contributed by atoms with Crippen LogP contribution in [0.4, 0.5) is 0 Å². The number of aliphatic hydroxyl groups is 1. The maximum Gasteiger partial charge on any atom is 0.136 e. The molecule has 1 rings (SSSR count). The standard InChI is InChI=1S/C9H14N2O/c1-7-4-10-8(11-5-7)9(2,3)6-12/h4-5,12H,6H2,1-3H3. The van der Waals surface area contributed by atoms with E-state index in [9.17, 15) is 0 Å². The van der Waals surface area contributed by atoms with Crippen molar-refractivity contribution in [2.24, 2.45) is 0 Å². The van der Waals surface area contributed by atoms with Crippen LogP contribution in [0.1, 0.15) is 25.2 Å². The van der Waals surface area contributed by atoms with Crippen LogP contribution in [0.2, 0.25) is 0 Å². The van der Waals surface area contributed by atoms with Gasteiger partial charge in [-0.15, -0.1) is 0 Å². The highest BCUT2D eigenvalue weighted by atomic mass is 16.3. The van der Waals surface area contributed by atoms with E-state index in [2.05, 4.69) is 9.97 Å². The van der Waals surface area contributed by atoms with Crippen LogP contribution in [-0.2, 0) is 5.41 Å². The highest BCUT2D eigenvalue weighted by Gasteiger charge is 2.22. The first-order valence-corrected chi connectivity index (χ1v) is 3.96. The maximum atomic E-state index is 9.04. The Morgan fingerprint density at radius 3 is 2.25 bits per heavy atom. The Kier molecular flexibility index (Phi) is 2.43. The molecule has 0 radical (unpaired) electrons. The van der Waals surface area contributed by atoms with Crippen molar-refractivity contribution in [3.63, 3.8) is 0 Å². The van der Waals surface area contributed by atoms with Gasteiger partial charge in [0.25, 0.3) is 0 Å². The zero-order valence-corrected chi connectivity index (χ0v) is 7.70. The van der Waals surface area contributed by atoms with Gasteiger partial charge in [0.05, 0.1) is 6.61 Å². The minimum atomic E-state index is -0.340. The molecule has 0 spiro atoms. The zero-order valence-electron chi connectivity index (χ0n) is 7.70. The normalized spacial score (nSPS) is 11.7. The summed E-state index contributed by atoms with van der Waals surface area (Å²) in [4.78, 5) is 8.30. The van der Waals surface area contributed by atoms with Gasteiger partial charge in [0.1, 0.15) is 5.82 Å². The fourth-order valence-electron chi connectivity index (χ4n) is 0.813. The number of nitrogens with zero attached hydrogens (tertiary/aromatic N) is 2. The average Bonchev–Trinajstić information content (AvgIpc) is 2.05. The molecular weight excluding hydrogens is 152 g/mol. The van der Waals surface area contributed by atoms with E-state index in [4.69, 9.17) is 5.11 Å². The molecule has 0 aromatic carbocycles. The Labute approximate surface area is 72.5 Å². The Balaban J connectivity index is 2.96. The lowest BCUT2D eigenvalue weighted by Crippen LogP contribution is -2.25. The van der Waals surface area contributed by atoms with Crippen molar-refractivity contribution in [3.05, 3.63) is 23.8 Å². The van der Waals surface area contributed by atoms with Crippen molar-refractivity contribution in [3.8, 4) is 0 Å². The van der Waals surface area contributed by atoms with Crippen LogP contribution < -0.4 is 0 Å². The SMILES string of the molecule is Cc1cnc(C(C)(C)CO)nc1. The van der Waals surface area contributed by atoms with Gasteiger partial charge < -0.3 is 5.11 Å². The van der Waals surface area contributed by atoms with E-state index >= 15 is 0 Å². The van der Waals surface area contributed by atoms with Crippen LogP contribution in [-0.4, -0.2) is 21.7 Å². The smallest absolute Gasteiger partial charge is 0.136 e. The Morgan fingerprint density at radius 2 is 1.83 bits per heavy atom. The number of hydrogen-bond acceptors (Lipinski definition) is 3. The second kappa shape index (κ2) is 3.19. The second-order valence-corrected chi connectivity index (χ2v) is 3.63. The molecular formula is C9H14N2O. The van der Waals surface area contributed by atoms with Crippen molar-refractivity contribution in [1.29, 1.82) is 0 Å². The topological polar surface area (TPSA) is 46.0 Å². The zero-order chi connectivity index (χ0) is 9.19. The van der Waals surface area contributed by atoms with E-state index in [1.807, 2.05) is 20.8 Å². The lowest BCUT2D eigenvalue weighted by atomic mass is 9.94. The van der Waals surface area contributed by atoms with Gasteiger partial charge in [0.15, 0.2) is 0 Å². The minimum absolute atomic E-state index is 0.0655. The average molecular weight is 166 g/mol. The predicted octanol–water partition coefficient (Wildman–Crippen LogP) is 1.05. The Bertz CT molecular complexity index is 254. The quantitative estimate of drug-likeness (QED) is 0.714. The summed E-state index contributed by atoms with van der Waals surface area (Å²) in [5.74, 6) is 0.690. The molecule has 66 valence electrons. The van der Waals surface area contributed by atoms with Crippen LogP contribution >= 0.6 is 0 Å². The van der Waals surface area contributed by atoms with Crippen LogP contribution in [0, 0.1) is 6.92 Å². The van der Waals surface area contributed by atoms with E-state index in [-0.39, 0.29) is 12.0 Å². The molecule has 12 heavy (non-hydrogen) atoms. The van der Waals surface area contributed by atoms with Gasteiger partial charge in [-0.05, 0) is 12.5 Å². The van der Waals surface area contributed by atoms with E-state index < -0.39 is 0 Å².